The van der Waals surface area contributed by atoms with Gasteiger partial charge in [0.25, 0.3) is 0 Å². The molecule has 0 fully saturated rings. The zero-order chi connectivity index (χ0) is 12.3. The van der Waals surface area contributed by atoms with E-state index in [1.54, 1.807) is 12.4 Å². The smallest absolute Gasteiger partial charge is 0.184 e. The molecule has 0 unspecified atom stereocenters. The highest BCUT2D eigenvalue weighted by Crippen LogP contribution is 2.20. The van der Waals surface area contributed by atoms with Crippen LogP contribution in [0.1, 0.15) is 5.69 Å². The van der Waals surface area contributed by atoms with E-state index in [4.69, 9.17) is 17.3 Å². The van der Waals surface area contributed by atoms with E-state index in [0.29, 0.717) is 10.7 Å². The molecule has 0 aliphatic rings. The van der Waals surface area contributed by atoms with Crippen molar-refractivity contribution >= 4 is 45.9 Å². The summed E-state index contributed by atoms with van der Waals surface area (Å²) >= 11 is 10.6. The van der Waals surface area contributed by atoms with Crippen LogP contribution in [-0.2, 0) is 0 Å². The Labute approximate surface area is 108 Å². The van der Waals surface area contributed by atoms with Crippen LogP contribution in [0.3, 0.4) is 0 Å². The summed E-state index contributed by atoms with van der Waals surface area (Å²) in [6.45, 7) is 0. The maximum atomic E-state index is 5.95. The number of hydrazone groups is 1. The first kappa shape index (κ1) is 11.8. The van der Waals surface area contributed by atoms with E-state index in [1.165, 1.54) is 0 Å². The van der Waals surface area contributed by atoms with Crippen LogP contribution in [-0.4, -0.2) is 16.3 Å². The van der Waals surface area contributed by atoms with Gasteiger partial charge in [-0.05, 0) is 35.8 Å². The summed E-state index contributed by atoms with van der Waals surface area (Å²) in [6, 6.07) is 7.51. The lowest BCUT2D eigenvalue weighted by Crippen LogP contribution is -2.24. The maximum absolute atomic E-state index is 5.95. The van der Waals surface area contributed by atoms with Crippen molar-refractivity contribution in [3.8, 4) is 0 Å². The van der Waals surface area contributed by atoms with Crippen molar-refractivity contribution in [2.45, 2.75) is 0 Å². The van der Waals surface area contributed by atoms with Crippen LogP contribution in [0.2, 0.25) is 5.02 Å². The van der Waals surface area contributed by atoms with Crippen LogP contribution in [0, 0.1) is 0 Å². The Morgan fingerprint density at radius 1 is 1.47 bits per heavy atom. The average molecular weight is 265 g/mol. The Balaban J connectivity index is 2.43. The quantitative estimate of drug-likeness (QED) is 0.495. The standard InChI is InChI=1S/C11H9ClN4S/c12-8-2-1-7-3-4-14-10(9(7)5-8)6-15-16-11(13)17/h1-6H,(H3,13,16,17)/b15-6+. The Hall–Kier alpha value is -1.72. The lowest BCUT2D eigenvalue weighted by molar-refractivity contribution is 1.04. The van der Waals surface area contributed by atoms with E-state index in [0.717, 1.165) is 10.8 Å². The molecule has 3 N–H and O–H groups in total. The van der Waals surface area contributed by atoms with Crippen LogP contribution in [0.4, 0.5) is 0 Å². The Morgan fingerprint density at radius 2 is 2.29 bits per heavy atom. The molecule has 1 aromatic heterocycles. The molecule has 0 aliphatic heterocycles. The first-order valence-corrected chi connectivity index (χ1v) is 5.58. The number of aromatic nitrogens is 1. The van der Waals surface area contributed by atoms with Gasteiger partial charge in [0.2, 0.25) is 0 Å². The minimum absolute atomic E-state index is 0.111. The zero-order valence-electron chi connectivity index (χ0n) is 8.72. The van der Waals surface area contributed by atoms with Gasteiger partial charge in [0.1, 0.15) is 0 Å². The van der Waals surface area contributed by atoms with E-state index in [-0.39, 0.29) is 5.11 Å². The SMILES string of the molecule is NC(=S)N/N=C/c1nccc2ccc(Cl)cc12. The van der Waals surface area contributed by atoms with Gasteiger partial charge >= 0.3 is 0 Å². The molecule has 6 heteroatoms. The van der Waals surface area contributed by atoms with Crippen molar-refractivity contribution in [2.24, 2.45) is 10.8 Å². The number of halogens is 1. The number of rotatable bonds is 2. The molecule has 0 aliphatic carbocycles. The van der Waals surface area contributed by atoms with Crippen LogP contribution >= 0.6 is 23.8 Å². The maximum Gasteiger partial charge on any atom is 0.184 e. The predicted octanol–water partition coefficient (Wildman–Crippen LogP) is 2.06. The van der Waals surface area contributed by atoms with Crippen molar-refractivity contribution in [3.05, 3.63) is 41.2 Å². The first-order chi connectivity index (χ1) is 8.16. The van der Waals surface area contributed by atoms with Gasteiger partial charge in [-0.3, -0.25) is 10.4 Å². The van der Waals surface area contributed by atoms with E-state index in [9.17, 15) is 0 Å². The van der Waals surface area contributed by atoms with Crippen molar-refractivity contribution in [2.75, 3.05) is 0 Å². The van der Waals surface area contributed by atoms with Gasteiger partial charge in [-0.2, -0.15) is 5.10 Å². The number of pyridine rings is 1. The summed E-state index contributed by atoms with van der Waals surface area (Å²) in [7, 11) is 0. The molecule has 17 heavy (non-hydrogen) atoms. The van der Waals surface area contributed by atoms with Gasteiger partial charge < -0.3 is 5.73 Å². The van der Waals surface area contributed by atoms with Gasteiger partial charge in [0.05, 0.1) is 11.9 Å². The Bertz CT molecular complexity index is 597. The number of thiocarbonyl (C=S) groups is 1. The van der Waals surface area contributed by atoms with Gasteiger partial charge in [0, 0.05) is 16.6 Å². The third kappa shape index (κ3) is 2.89. The predicted molar refractivity (Wildman–Crippen MR) is 74.3 cm³/mol. The van der Waals surface area contributed by atoms with Crippen molar-refractivity contribution in [1.29, 1.82) is 0 Å². The molecule has 0 saturated heterocycles. The van der Waals surface area contributed by atoms with Gasteiger partial charge in [-0.1, -0.05) is 17.7 Å². The van der Waals surface area contributed by atoms with Crippen LogP contribution < -0.4 is 11.2 Å². The second-order valence-corrected chi connectivity index (χ2v) is 4.17. The Morgan fingerprint density at radius 3 is 3.06 bits per heavy atom. The van der Waals surface area contributed by atoms with Gasteiger partial charge in [-0.15, -0.1) is 0 Å². The summed E-state index contributed by atoms with van der Waals surface area (Å²) < 4.78 is 0. The lowest BCUT2D eigenvalue weighted by Gasteiger charge is -2.01. The monoisotopic (exact) mass is 264 g/mol. The highest BCUT2D eigenvalue weighted by molar-refractivity contribution is 7.80. The number of nitrogens with one attached hydrogen (secondary N) is 1. The molecule has 0 saturated carbocycles. The normalized spacial score (nSPS) is 10.9. The first-order valence-electron chi connectivity index (χ1n) is 4.79. The molecule has 1 heterocycles. The molecule has 2 rings (SSSR count). The molecule has 0 atom stereocenters. The highest BCUT2D eigenvalue weighted by atomic mass is 35.5. The molecule has 0 spiro atoms. The molecule has 0 bridgehead atoms. The summed E-state index contributed by atoms with van der Waals surface area (Å²) in [5, 5.41) is 6.61. The number of nitrogens with zero attached hydrogens (tertiary/aromatic N) is 2. The number of hydrogen-bond acceptors (Lipinski definition) is 3. The van der Waals surface area contributed by atoms with Crippen LogP contribution in [0.25, 0.3) is 10.8 Å². The summed E-state index contributed by atoms with van der Waals surface area (Å²) in [6.07, 6.45) is 3.26. The number of hydrogen-bond donors (Lipinski definition) is 2. The van der Waals surface area contributed by atoms with E-state index in [1.807, 2.05) is 24.3 Å². The third-order valence-corrected chi connectivity index (χ3v) is 2.45. The summed E-state index contributed by atoms with van der Waals surface area (Å²) in [4.78, 5) is 4.21. The molecule has 1 aromatic carbocycles. The fourth-order valence-corrected chi connectivity index (χ4v) is 1.65. The van der Waals surface area contributed by atoms with E-state index >= 15 is 0 Å². The largest absolute Gasteiger partial charge is 0.375 e. The van der Waals surface area contributed by atoms with Gasteiger partial charge in [0.15, 0.2) is 5.11 Å². The third-order valence-electron chi connectivity index (χ3n) is 2.12. The molecular formula is C11H9ClN4S. The second-order valence-electron chi connectivity index (χ2n) is 3.30. The fraction of sp³-hybridized carbons (Fsp3) is 0. The highest BCUT2D eigenvalue weighted by Gasteiger charge is 2.00. The molecule has 0 radical (unpaired) electrons. The minimum Gasteiger partial charge on any atom is -0.375 e. The summed E-state index contributed by atoms with van der Waals surface area (Å²) in [5.74, 6) is 0. The van der Waals surface area contributed by atoms with Crippen LogP contribution in [0.15, 0.2) is 35.6 Å². The molecular weight excluding hydrogens is 256 g/mol. The molecule has 2 aromatic rings. The van der Waals surface area contributed by atoms with Crippen molar-refractivity contribution in [1.82, 2.24) is 10.4 Å². The molecule has 4 nitrogen and oxygen atoms in total. The van der Waals surface area contributed by atoms with Crippen LogP contribution in [0.5, 0.6) is 0 Å². The Kier molecular flexibility index (Phi) is 3.51. The van der Waals surface area contributed by atoms with E-state index < -0.39 is 0 Å². The second kappa shape index (κ2) is 5.07. The summed E-state index contributed by atoms with van der Waals surface area (Å²) in [5.41, 5.74) is 8.44. The van der Waals surface area contributed by atoms with Crippen molar-refractivity contribution in [3.63, 3.8) is 0 Å². The number of nitrogens with two attached hydrogens (primary N) is 1. The lowest BCUT2D eigenvalue weighted by atomic mass is 10.1. The molecule has 0 amide bonds. The fourth-order valence-electron chi connectivity index (χ4n) is 1.42. The van der Waals surface area contributed by atoms with Gasteiger partial charge in [-0.25, -0.2) is 0 Å². The molecule has 86 valence electrons. The van der Waals surface area contributed by atoms with E-state index in [2.05, 4.69) is 27.7 Å². The average Bonchev–Trinajstić information content (AvgIpc) is 2.29. The minimum atomic E-state index is 0.111. The zero-order valence-corrected chi connectivity index (χ0v) is 10.3. The topological polar surface area (TPSA) is 63.3 Å². The van der Waals surface area contributed by atoms with Crippen molar-refractivity contribution < 1.29 is 0 Å². The number of benzene rings is 1. The number of fused-ring (bicyclic) bond motifs is 1.